The lowest BCUT2D eigenvalue weighted by Crippen LogP contribution is -1.94. The Labute approximate surface area is 80.4 Å². The fourth-order valence-corrected chi connectivity index (χ4v) is 0.799. The van der Waals surface area contributed by atoms with Crippen LogP contribution in [0.1, 0.15) is 16.1 Å². The van der Waals surface area contributed by atoms with Crippen molar-refractivity contribution in [2.24, 2.45) is 0 Å². The number of furan rings is 1. The normalized spacial score (nSPS) is 8.93. The maximum atomic E-state index is 10.2. The highest BCUT2D eigenvalue weighted by Gasteiger charge is 2.07. The zero-order chi connectivity index (χ0) is 10.4. The Kier molecular flexibility index (Phi) is 3.49. The molecule has 0 aliphatic heterocycles. The summed E-state index contributed by atoms with van der Waals surface area (Å²) in [6, 6.07) is 1.43. The van der Waals surface area contributed by atoms with Gasteiger partial charge in [0.2, 0.25) is 0 Å². The third-order valence-corrected chi connectivity index (χ3v) is 1.46. The lowest BCUT2D eigenvalue weighted by molar-refractivity contribution is 0.0695. The average molecular weight is 193 g/mol. The van der Waals surface area contributed by atoms with Gasteiger partial charge in [-0.05, 0) is 13.0 Å². The number of imidazole rings is 1. The molecule has 0 fully saturated rings. The highest BCUT2D eigenvalue weighted by atomic mass is 16.4. The van der Waals surface area contributed by atoms with Gasteiger partial charge in [-0.15, -0.1) is 0 Å². The number of aromatic nitrogens is 2. The van der Waals surface area contributed by atoms with E-state index < -0.39 is 5.97 Å². The minimum Gasteiger partial charge on any atom is -0.478 e. The van der Waals surface area contributed by atoms with Crippen molar-refractivity contribution in [3.05, 3.63) is 42.4 Å². The van der Waals surface area contributed by atoms with E-state index in [0.29, 0.717) is 5.76 Å². The third-order valence-electron chi connectivity index (χ3n) is 1.46. The van der Waals surface area contributed by atoms with Crippen LogP contribution in [-0.2, 0) is 0 Å². The van der Waals surface area contributed by atoms with Crippen LogP contribution in [-0.4, -0.2) is 16.1 Å². The fourth-order valence-electron chi connectivity index (χ4n) is 0.799. The number of nitrogens with zero attached hydrogens (tertiary/aromatic N) is 2. The first-order chi connectivity index (χ1) is 6.72. The third kappa shape index (κ3) is 2.78. The van der Waals surface area contributed by atoms with E-state index in [-0.39, 0.29) is 5.56 Å². The zero-order valence-corrected chi connectivity index (χ0v) is 7.54. The number of hydrogen-bond donors (Lipinski definition) is 1. The number of hydrogen-bond acceptors (Lipinski definition) is 3. The van der Waals surface area contributed by atoms with Crippen LogP contribution in [0.4, 0.5) is 0 Å². The highest BCUT2D eigenvalue weighted by Crippen LogP contribution is 2.07. The first-order valence-electron chi connectivity index (χ1n) is 3.86. The second-order valence-corrected chi connectivity index (χ2v) is 2.41. The summed E-state index contributed by atoms with van der Waals surface area (Å²) in [5.74, 6) is -0.497. The SMILES string of the molecule is Cc1occc1C(=O)O.c1c[n-]cn1. The van der Waals surface area contributed by atoms with Crippen LogP contribution in [0.2, 0.25) is 0 Å². The van der Waals surface area contributed by atoms with Gasteiger partial charge in [-0.3, -0.25) is 0 Å². The molecule has 2 aromatic rings. The van der Waals surface area contributed by atoms with Gasteiger partial charge in [-0.1, -0.05) is 18.7 Å². The molecule has 0 aliphatic carbocycles. The lowest BCUT2D eigenvalue weighted by Gasteiger charge is -1.85. The van der Waals surface area contributed by atoms with Crippen molar-refractivity contribution in [3.8, 4) is 0 Å². The number of rotatable bonds is 1. The maximum absolute atomic E-state index is 10.2. The van der Waals surface area contributed by atoms with E-state index in [4.69, 9.17) is 9.52 Å². The lowest BCUT2D eigenvalue weighted by atomic mass is 10.3. The Hall–Kier alpha value is -2.04. The molecule has 0 aliphatic rings. The van der Waals surface area contributed by atoms with Gasteiger partial charge in [-0.2, -0.15) is 0 Å². The summed E-state index contributed by atoms with van der Waals surface area (Å²) in [6.07, 6.45) is 6.14. The molecule has 0 unspecified atom stereocenters. The molecule has 74 valence electrons. The number of aromatic carboxylic acids is 1. The standard InChI is InChI=1S/C6H6O3.C3H3N2/c1-4-5(6(7)8)2-3-9-4;1-2-5-3-4-1/h2-3H,1H3,(H,7,8);1-3H/q;-1. The van der Waals surface area contributed by atoms with Gasteiger partial charge in [0.05, 0.1) is 6.26 Å². The first kappa shape index (κ1) is 10.0. The van der Waals surface area contributed by atoms with Crippen molar-refractivity contribution in [1.29, 1.82) is 0 Å². The minimum absolute atomic E-state index is 0.231. The molecule has 0 saturated heterocycles. The molecule has 0 radical (unpaired) electrons. The van der Waals surface area contributed by atoms with Crippen LogP contribution >= 0.6 is 0 Å². The van der Waals surface area contributed by atoms with Crippen LogP contribution in [0.15, 0.2) is 35.5 Å². The van der Waals surface area contributed by atoms with E-state index in [1.807, 2.05) is 0 Å². The van der Waals surface area contributed by atoms with Gasteiger partial charge in [0.25, 0.3) is 0 Å². The number of carboxylic acids is 1. The summed E-state index contributed by atoms with van der Waals surface area (Å²) in [4.78, 5) is 17.4. The Morgan fingerprint density at radius 3 is 2.64 bits per heavy atom. The summed E-state index contributed by atoms with van der Waals surface area (Å²) in [6.45, 7) is 1.61. The summed E-state index contributed by atoms with van der Waals surface area (Å²) in [5, 5.41) is 8.39. The van der Waals surface area contributed by atoms with Crippen LogP contribution in [0.5, 0.6) is 0 Å². The largest absolute Gasteiger partial charge is 0.478 e. The summed E-state index contributed by atoms with van der Waals surface area (Å²) < 4.78 is 4.74. The van der Waals surface area contributed by atoms with Crippen molar-refractivity contribution in [2.75, 3.05) is 0 Å². The Balaban J connectivity index is 0.000000165. The predicted molar refractivity (Wildman–Crippen MR) is 48.0 cm³/mol. The molecule has 1 N–H and O–H groups in total. The molecule has 14 heavy (non-hydrogen) atoms. The van der Waals surface area contributed by atoms with Gasteiger partial charge in [0.1, 0.15) is 11.3 Å². The van der Waals surface area contributed by atoms with Crippen LogP contribution < -0.4 is 4.98 Å². The van der Waals surface area contributed by atoms with Gasteiger partial charge < -0.3 is 19.5 Å². The highest BCUT2D eigenvalue weighted by molar-refractivity contribution is 5.88. The summed E-state index contributed by atoms with van der Waals surface area (Å²) in [5.41, 5.74) is 0.231. The second kappa shape index (κ2) is 4.86. The van der Waals surface area contributed by atoms with Gasteiger partial charge in [0.15, 0.2) is 0 Å². The topological polar surface area (TPSA) is 77.4 Å². The Morgan fingerprint density at radius 2 is 2.43 bits per heavy atom. The van der Waals surface area contributed by atoms with E-state index in [1.54, 1.807) is 19.3 Å². The molecule has 2 rings (SSSR count). The van der Waals surface area contributed by atoms with E-state index in [1.165, 1.54) is 18.7 Å². The number of carbonyl (C=O) groups is 1. The van der Waals surface area contributed by atoms with Crippen molar-refractivity contribution in [1.82, 2.24) is 9.97 Å². The molecule has 2 aromatic heterocycles. The molecular weight excluding hydrogens is 184 g/mol. The second-order valence-electron chi connectivity index (χ2n) is 2.41. The van der Waals surface area contributed by atoms with Crippen LogP contribution in [0.3, 0.4) is 0 Å². The number of aryl methyl sites for hydroxylation is 1. The van der Waals surface area contributed by atoms with Crippen LogP contribution in [0.25, 0.3) is 0 Å². The smallest absolute Gasteiger partial charge is 0.339 e. The van der Waals surface area contributed by atoms with E-state index in [2.05, 4.69) is 9.97 Å². The molecule has 0 amide bonds. The van der Waals surface area contributed by atoms with E-state index in [0.717, 1.165) is 0 Å². The molecule has 0 atom stereocenters. The number of carboxylic acid groups (broad SMARTS) is 1. The van der Waals surface area contributed by atoms with Crippen molar-refractivity contribution >= 4 is 5.97 Å². The maximum Gasteiger partial charge on any atom is 0.339 e. The molecule has 2 heterocycles. The molecule has 0 saturated carbocycles. The zero-order valence-electron chi connectivity index (χ0n) is 7.54. The van der Waals surface area contributed by atoms with Crippen molar-refractivity contribution in [2.45, 2.75) is 6.92 Å². The molecule has 0 aromatic carbocycles. The predicted octanol–water partition coefficient (Wildman–Crippen LogP) is 1.33. The molecular formula is C9H9N2O3-. The molecule has 5 heteroatoms. The fraction of sp³-hybridized carbons (Fsp3) is 0.111. The Bertz CT molecular complexity index is 361. The molecule has 5 nitrogen and oxygen atoms in total. The van der Waals surface area contributed by atoms with Crippen molar-refractivity contribution < 1.29 is 14.3 Å². The summed E-state index contributed by atoms with van der Waals surface area (Å²) in [7, 11) is 0. The molecule has 0 bridgehead atoms. The minimum atomic E-state index is -0.943. The first-order valence-corrected chi connectivity index (χ1v) is 3.86. The quantitative estimate of drug-likeness (QED) is 0.739. The van der Waals surface area contributed by atoms with Gasteiger partial charge >= 0.3 is 5.97 Å². The monoisotopic (exact) mass is 193 g/mol. The molecule has 0 spiro atoms. The van der Waals surface area contributed by atoms with E-state index >= 15 is 0 Å². The summed E-state index contributed by atoms with van der Waals surface area (Å²) >= 11 is 0. The van der Waals surface area contributed by atoms with Crippen LogP contribution in [0, 0.1) is 6.92 Å². The van der Waals surface area contributed by atoms with E-state index in [9.17, 15) is 4.79 Å². The Morgan fingerprint density at radius 1 is 1.64 bits per heavy atom. The van der Waals surface area contributed by atoms with Gasteiger partial charge in [0, 0.05) is 0 Å². The van der Waals surface area contributed by atoms with Crippen molar-refractivity contribution in [3.63, 3.8) is 0 Å². The average Bonchev–Trinajstić information content (AvgIpc) is 2.74. The van der Waals surface area contributed by atoms with Gasteiger partial charge in [-0.25, -0.2) is 4.79 Å².